The van der Waals surface area contributed by atoms with Gasteiger partial charge in [0.15, 0.2) is 31.5 Å². The summed E-state index contributed by atoms with van der Waals surface area (Å²) in [7, 11) is 0. The van der Waals surface area contributed by atoms with Gasteiger partial charge in [-0.05, 0) is 47.0 Å². The molecule has 0 aliphatic carbocycles. The van der Waals surface area contributed by atoms with Gasteiger partial charge in [0.2, 0.25) is 0 Å². The molecule has 0 aromatic heterocycles. The smallest absolute Gasteiger partial charge is 0.303 e. The Balaban J connectivity index is 1.26. The van der Waals surface area contributed by atoms with Crippen LogP contribution >= 0.6 is 0 Å². The molecule has 398 valence electrons. The molecule has 0 spiro atoms. The Morgan fingerprint density at radius 1 is 0.441 bits per heavy atom. The van der Waals surface area contributed by atoms with Crippen LogP contribution in [0.5, 0.6) is 0 Å². The Labute approximate surface area is 395 Å². The molecule has 5 rings (SSSR count). The van der Waals surface area contributed by atoms with Crippen LogP contribution in [0, 0.1) is 0 Å². The highest BCUT2D eigenvalue weighted by atomic mass is 16.8. The highest BCUT2D eigenvalue weighted by Gasteiger charge is 2.56. The second-order valence-electron chi connectivity index (χ2n) is 18.8. The third-order valence-electron chi connectivity index (χ3n) is 13.5. The minimum Gasteiger partial charge on any atom is -0.481 e. The summed E-state index contributed by atoms with van der Waals surface area (Å²) in [6, 6.07) is 0. The summed E-state index contributed by atoms with van der Waals surface area (Å²) >= 11 is 0. The van der Waals surface area contributed by atoms with E-state index in [9.17, 15) is 66.1 Å². The number of hydrogen-bond donors (Lipinski definition) is 13. The second kappa shape index (κ2) is 26.5. The molecule has 5 heterocycles. The molecule has 13 N–H and O–H groups in total. The van der Waals surface area contributed by atoms with Crippen LogP contribution in [0.2, 0.25) is 0 Å². The van der Waals surface area contributed by atoms with Gasteiger partial charge in [0.05, 0.1) is 37.1 Å². The molecule has 0 aromatic carbocycles. The molecule has 5 aliphatic rings. The lowest BCUT2D eigenvalue weighted by Gasteiger charge is -2.50. The topological polar surface area (TPSA) is 372 Å². The maximum Gasteiger partial charge on any atom is 0.303 e. The standard InChI is InChI=1S/C44H78O24/c1-6-14-22(15-12-10-8-7-9-11-13-16-24(46)47)63-44-39(30(53)26(49)19(3)60-44)68-41-34(57)31(54)36(20(4)61-41)65-43-35(58)38(67-42-33(56)29(52)27(50)23(17-45)64-42)37(21(5)62-43)66-40-32(55)28(51)25(48)18(2)59-40/h18-23,25-45,48-58H,6-17H2,1-5H3,(H,46,47). The van der Waals surface area contributed by atoms with Crippen molar-refractivity contribution in [3.8, 4) is 0 Å². The summed E-state index contributed by atoms with van der Waals surface area (Å²) in [4.78, 5) is 10.8. The van der Waals surface area contributed by atoms with Gasteiger partial charge in [0.25, 0.3) is 0 Å². The predicted octanol–water partition coefficient (Wildman–Crippen LogP) is -3.03. The molecule has 0 radical (unpaired) electrons. The number of carbonyl (C=O) groups is 1. The van der Waals surface area contributed by atoms with E-state index in [2.05, 4.69) is 0 Å². The third kappa shape index (κ3) is 14.2. The van der Waals surface area contributed by atoms with Gasteiger partial charge in [0, 0.05) is 6.42 Å². The zero-order chi connectivity index (χ0) is 50.1. The SMILES string of the molecule is CCCC(CCCCCCCCCC(=O)O)OC1OC(C)C(O)C(O)C1OC1OC(C)C(OC2OC(C)C(OC3OC(C)C(O)C(O)C3O)C(OC3OC(CO)C(O)C(O)C3O)C2O)C(O)C1O. The largest absolute Gasteiger partial charge is 0.481 e. The van der Waals surface area contributed by atoms with E-state index in [1.54, 1.807) is 6.92 Å². The van der Waals surface area contributed by atoms with Crippen molar-refractivity contribution < 1.29 is 119 Å². The molecule has 0 saturated carbocycles. The van der Waals surface area contributed by atoms with Crippen LogP contribution in [0.3, 0.4) is 0 Å². The first kappa shape index (κ1) is 57.5. The molecule has 24 nitrogen and oxygen atoms in total. The third-order valence-corrected chi connectivity index (χ3v) is 13.5. The van der Waals surface area contributed by atoms with Gasteiger partial charge in [-0.25, -0.2) is 0 Å². The van der Waals surface area contributed by atoms with Crippen LogP contribution in [0.4, 0.5) is 0 Å². The first-order valence-corrected chi connectivity index (χ1v) is 24.1. The van der Waals surface area contributed by atoms with E-state index in [-0.39, 0.29) is 12.5 Å². The highest BCUT2D eigenvalue weighted by molar-refractivity contribution is 5.66. The van der Waals surface area contributed by atoms with Crippen LogP contribution in [-0.2, 0) is 52.2 Å². The van der Waals surface area contributed by atoms with E-state index in [0.717, 1.165) is 44.9 Å². The number of aliphatic hydroxyl groups excluding tert-OH is 12. The molecular formula is C44H78O24. The molecule has 0 aromatic rings. The van der Waals surface area contributed by atoms with E-state index in [4.69, 9.17) is 52.5 Å². The molecular weight excluding hydrogens is 912 g/mol. The van der Waals surface area contributed by atoms with Crippen LogP contribution in [0.1, 0.15) is 105 Å². The Morgan fingerprint density at radius 3 is 1.46 bits per heavy atom. The average molecular weight is 991 g/mol. The second-order valence-corrected chi connectivity index (χ2v) is 18.8. The van der Waals surface area contributed by atoms with Crippen LogP contribution in [0.25, 0.3) is 0 Å². The summed E-state index contributed by atoms with van der Waals surface area (Å²) in [6.45, 7) is 7.04. The molecule has 26 atom stereocenters. The fraction of sp³-hybridized carbons (Fsp3) is 0.977. The van der Waals surface area contributed by atoms with Crippen molar-refractivity contribution in [2.45, 2.75) is 265 Å². The fourth-order valence-corrected chi connectivity index (χ4v) is 9.26. The Bertz CT molecular complexity index is 1480. The molecule has 26 unspecified atom stereocenters. The van der Waals surface area contributed by atoms with Crippen molar-refractivity contribution in [3.63, 3.8) is 0 Å². The first-order chi connectivity index (χ1) is 32.2. The van der Waals surface area contributed by atoms with Crippen LogP contribution < -0.4 is 0 Å². The first-order valence-electron chi connectivity index (χ1n) is 24.1. The summed E-state index contributed by atoms with van der Waals surface area (Å²) in [5.74, 6) is -0.796. The van der Waals surface area contributed by atoms with Gasteiger partial charge in [-0.15, -0.1) is 0 Å². The van der Waals surface area contributed by atoms with E-state index >= 15 is 0 Å². The number of aliphatic hydroxyl groups is 12. The number of hydrogen-bond acceptors (Lipinski definition) is 23. The zero-order valence-corrected chi connectivity index (χ0v) is 39.3. The lowest BCUT2D eigenvalue weighted by atomic mass is 9.95. The number of aliphatic carboxylic acids is 1. The maximum atomic E-state index is 11.9. The molecule has 5 aliphatic heterocycles. The van der Waals surface area contributed by atoms with E-state index in [0.29, 0.717) is 19.3 Å². The number of rotatable bonds is 23. The molecule has 0 amide bonds. The maximum absolute atomic E-state index is 11.9. The molecule has 0 bridgehead atoms. The van der Waals surface area contributed by atoms with Gasteiger partial charge in [0.1, 0.15) is 97.7 Å². The van der Waals surface area contributed by atoms with Crippen molar-refractivity contribution in [2.24, 2.45) is 0 Å². The summed E-state index contributed by atoms with van der Waals surface area (Å²) in [5, 5.41) is 139. The number of carboxylic acid groups (broad SMARTS) is 1. The van der Waals surface area contributed by atoms with E-state index < -0.39 is 166 Å². The molecule has 5 fully saturated rings. The molecule has 24 heteroatoms. The zero-order valence-electron chi connectivity index (χ0n) is 39.3. The number of ether oxygens (including phenoxy) is 10. The molecule has 5 saturated heterocycles. The van der Waals surface area contributed by atoms with Crippen molar-refractivity contribution in [1.82, 2.24) is 0 Å². The Morgan fingerprint density at radius 2 is 0.868 bits per heavy atom. The Kier molecular flexibility index (Phi) is 22.4. The predicted molar refractivity (Wildman–Crippen MR) is 228 cm³/mol. The lowest BCUT2D eigenvalue weighted by Crippen LogP contribution is -2.67. The summed E-state index contributed by atoms with van der Waals surface area (Å²) in [5.41, 5.74) is 0. The van der Waals surface area contributed by atoms with Gasteiger partial charge < -0.3 is 114 Å². The fourth-order valence-electron chi connectivity index (χ4n) is 9.26. The van der Waals surface area contributed by atoms with E-state index in [1.165, 1.54) is 20.8 Å². The number of carboxylic acids is 1. The van der Waals surface area contributed by atoms with Crippen molar-refractivity contribution in [2.75, 3.05) is 6.61 Å². The van der Waals surface area contributed by atoms with Gasteiger partial charge in [-0.3, -0.25) is 4.79 Å². The van der Waals surface area contributed by atoms with Crippen molar-refractivity contribution in [1.29, 1.82) is 0 Å². The quantitative estimate of drug-likeness (QED) is 0.0453. The normalized spacial score (nSPS) is 46.3. The minimum atomic E-state index is -1.95. The van der Waals surface area contributed by atoms with E-state index in [1.807, 2.05) is 6.92 Å². The summed E-state index contributed by atoms with van der Waals surface area (Å²) in [6.07, 6.45) is -31.1. The van der Waals surface area contributed by atoms with Gasteiger partial charge in [-0.1, -0.05) is 51.9 Å². The van der Waals surface area contributed by atoms with Crippen molar-refractivity contribution >= 4 is 5.97 Å². The number of unbranched alkanes of at least 4 members (excludes halogenated alkanes) is 6. The van der Waals surface area contributed by atoms with Crippen LogP contribution in [-0.4, -0.2) is 239 Å². The van der Waals surface area contributed by atoms with Gasteiger partial charge >= 0.3 is 5.97 Å². The lowest BCUT2D eigenvalue weighted by molar-refractivity contribution is -0.400. The minimum absolute atomic E-state index is 0.165. The van der Waals surface area contributed by atoms with Gasteiger partial charge in [-0.2, -0.15) is 0 Å². The monoisotopic (exact) mass is 990 g/mol. The molecule has 68 heavy (non-hydrogen) atoms. The summed E-state index contributed by atoms with van der Waals surface area (Å²) < 4.78 is 59.7. The van der Waals surface area contributed by atoms with Crippen LogP contribution in [0.15, 0.2) is 0 Å². The average Bonchev–Trinajstić information content (AvgIpc) is 3.30. The Hall–Kier alpha value is -1.41. The van der Waals surface area contributed by atoms with Crippen molar-refractivity contribution in [3.05, 3.63) is 0 Å². The highest BCUT2D eigenvalue weighted by Crippen LogP contribution is 2.37.